The second kappa shape index (κ2) is 7.09. The van der Waals surface area contributed by atoms with Crippen LogP contribution < -0.4 is 9.64 Å². The van der Waals surface area contributed by atoms with Crippen LogP contribution in [0.15, 0.2) is 42.9 Å². The minimum absolute atomic E-state index is 0.0223. The molecule has 0 radical (unpaired) electrons. The molecule has 0 saturated carbocycles. The number of rotatable bonds is 4. The van der Waals surface area contributed by atoms with E-state index >= 15 is 0 Å². The average Bonchev–Trinajstić information content (AvgIpc) is 3.33. The Morgan fingerprint density at radius 3 is 2.86 bits per heavy atom. The van der Waals surface area contributed by atoms with E-state index in [0.717, 1.165) is 42.8 Å². The third-order valence-electron chi connectivity index (χ3n) is 5.73. The summed E-state index contributed by atoms with van der Waals surface area (Å²) in [7, 11) is 0. The van der Waals surface area contributed by atoms with E-state index in [1.165, 1.54) is 0 Å². The molecule has 2 saturated heterocycles. The van der Waals surface area contributed by atoms with Crippen molar-refractivity contribution < 1.29 is 9.53 Å². The molecule has 2 aliphatic heterocycles. The van der Waals surface area contributed by atoms with E-state index in [1.807, 2.05) is 23.2 Å². The van der Waals surface area contributed by atoms with E-state index in [2.05, 4.69) is 19.9 Å². The van der Waals surface area contributed by atoms with Crippen molar-refractivity contribution in [2.45, 2.75) is 24.9 Å². The van der Waals surface area contributed by atoms with Crippen molar-refractivity contribution in [2.75, 3.05) is 24.6 Å². The predicted molar refractivity (Wildman–Crippen MR) is 107 cm³/mol. The van der Waals surface area contributed by atoms with Crippen LogP contribution in [0.1, 0.15) is 23.2 Å². The van der Waals surface area contributed by atoms with Gasteiger partial charge in [0.15, 0.2) is 6.61 Å². The highest BCUT2D eigenvalue weighted by Crippen LogP contribution is 2.35. The number of nitrogens with zero attached hydrogens (tertiary/aromatic N) is 5. The highest BCUT2D eigenvalue weighted by molar-refractivity contribution is 5.95. The summed E-state index contributed by atoms with van der Waals surface area (Å²) in [6.07, 6.45) is 5.43. The molecular formula is C21H20N6O2. The Morgan fingerprint density at radius 2 is 2.07 bits per heavy atom. The first-order chi connectivity index (χ1) is 14.2. The number of ether oxygens (including phenoxy) is 1. The van der Waals surface area contributed by atoms with Gasteiger partial charge in [-0.2, -0.15) is 5.26 Å². The van der Waals surface area contributed by atoms with E-state index in [9.17, 15) is 4.79 Å². The molecule has 2 atom stereocenters. The first-order valence-electron chi connectivity index (χ1n) is 9.70. The highest BCUT2D eigenvalue weighted by atomic mass is 16.5. The van der Waals surface area contributed by atoms with E-state index in [4.69, 9.17) is 10.00 Å². The highest BCUT2D eigenvalue weighted by Gasteiger charge is 2.43. The standard InChI is InChI=1S/C21H20N6O2/c22-7-9-29-17-3-1-2-14(10-17)21(28)27-15-4-5-16(27)12-26(11-15)20-18-6-8-23-19(18)24-13-25-20/h1-3,6,8,10,13,15-16H,4-5,9,11-12H2,(H,23,24,25). The zero-order valence-electron chi connectivity index (χ0n) is 15.8. The van der Waals surface area contributed by atoms with Crippen molar-refractivity contribution in [1.82, 2.24) is 19.9 Å². The molecule has 0 aliphatic carbocycles. The van der Waals surface area contributed by atoms with Gasteiger partial charge in [0, 0.05) is 24.8 Å². The number of hydrogen-bond acceptors (Lipinski definition) is 6. The van der Waals surface area contributed by atoms with Crippen LogP contribution in [0.5, 0.6) is 5.75 Å². The first kappa shape index (κ1) is 17.5. The lowest BCUT2D eigenvalue weighted by Gasteiger charge is -2.41. The summed E-state index contributed by atoms with van der Waals surface area (Å²) >= 11 is 0. The van der Waals surface area contributed by atoms with Gasteiger partial charge in [0.1, 0.15) is 29.6 Å². The smallest absolute Gasteiger partial charge is 0.254 e. The second-order valence-electron chi connectivity index (χ2n) is 7.41. The molecule has 5 rings (SSSR count). The monoisotopic (exact) mass is 388 g/mol. The summed E-state index contributed by atoms with van der Waals surface area (Å²) < 4.78 is 5.35. The molecule has 29 heavy (non-hydrogen) atoms. The summed E-state index contributed by atoms with van der Waals surface area (Å²) in [6.45, 7) is 1.47. The number of piperazine rings is 1. The molecule has 2 bridgehead atoms. The van der Waals surface area contributed by atoms with Gasteiger partial charge in [0.05, 0.1) is 17.5 Å². The zero-order valence-corrected chi connectivity index (χ0v) is 15.8. The molecule has 2 fully saturated rings. The van der Waals surface area contributed by atoms with E-state index in [1.54, 1.807) is 30.6 Å². The second-order valence-corrected chi connectivity index (χ2v) is 7.41. The summed E-state index contributed by atoms with van der Waals surface area (Å²) in [5.74, 6) is 1.49. The molecule has 8 heteroatoms. The SMILES string of the molecule is N#CCOc1cccc(C(=O)N2C3CCC2CN(c2ncnc4[nH]ccc24)C3)c1. The Bertz CT molecular complexity index is 1090. The molecule has 4 heterocycles. The van der Waals surface area contributed by atoms with Crippen molar-refractivity contribution in [3.8, 4) is 11.8 Å². The summed E-state index contributed by atoms with van der Waals surface area (Å²) in [6, 6.07) is 11.3. The van der Waals surface area contributed by atoms with E-state index < -0.39 is 0 Å². The Hall–Kier alpha value is -3.60. The lowest BCUT2D eigenvalue weighted by atomic mass is 10.1. The van der Waals surface area contributed by atoms with Crippen LogP contribution in [-0.2, 0) is 0 Å². The third-order valence-corrected chi connectivity index (χ3v) is 5.73. The molecule has 3 aromatic rings. The van der Waals surface area contributed by atoms with Gasteiger partial charge in [-0.1, -0.05) is 6.07 Å². The number of nitriles is 1. The maximum absolute atomic E-state index is 13.3. The minimum Gasteiger partial charge on any atom is -0.479 e. The van der Waals surface area contributed by atoms with Crippen LogP contribution in [0.3, 0.4) is 0 Å². The van der Waals surface area contributed by atoms with Crippen LogP contribution >= 0.6 is 0 Å². The lowest BCUT2D eigenvalue weighted by Crippen LogP contribution is -2.56. The van der Waals surface area contributed by atoms with Crippen LogP contribution in [0.4, 0.5) is 5.82 Å². The molecule has 1 aromatic carbocycles. The first-order valence-corrected chi connectivity index (χ1v) is 9.70. The van der Waals surface area contributed by atoms with Gasteiger partial charge in [-0.05, 0) is 37.1 Å². The van der Waals surface area contributed by atoms with Gasteiger partial charge in [0.2, 0.25) is 0 Å². The van der Waals surface area contributed by atoms with Crippen molar-refractivity contribution in [3.05, 3.63) is 48.4 Å². The maximum Gasteiger partial charge on any atom is 0.254 e. The van der Waals surface area contributed by atoms with Gasteiger partial charge >= 0.3 is 0 Å². The fraction of sp³-hybridized carbons (Fsp3) is 0.333. The number of amides is 1. The number of aromatic nitrogens is 3. The van der Waals surface area contributed by atoms with E-state index in [0.29, 0.717) is 11.3 Å². The number of fused-ring (bicyclic) bond motifs is 3. The lowest BCUT2D eigenvalue weighted by molar-refractivity contribution is 0.0641. The van der Waals surface area contributed by atoms with E-state index in [-0.39, 0.29) is 24.6 Å². The quantitative estimate of drug-likeness (QED) is 0.737. The van der Waals surface area contributed by atoms with Gasteiger partial charge < -0.3 is 19.5 Å². The molecular weight excluding hydrogens is 368 g/mol. The number of H-pyrrole nitrogens is 1. The Kier molecular flexibility index (Phi) is 4.28. The topological polar surface area (TPSA) is 98.1 Å². The normalized spacial score (nSPS) is 20.7. The van der Waals surface area contributed by atoms with Gasteiger partial charge in [-0.25, -0.2) is 9.97 Å². The fourth-order valence-corrected chi connectivity index (χ4v) is 4.50. The van der Waals surface area contributed by atoms with Crippen molar-refractivity contribution >= 4 is 22.8 Å². The third kappa shape index (κ3) is 3.05. The molecule has 1 N–H and O–H groups in total. The molecule has 2 unspecified atom stereocenters. The van der Waals surface area contributed by atoms with Gasteiger partial charge in [-0.15, -0.1) is 0 Å². The maximum atomic E-state index is 13.3. The van der Waals surface area contributed by atoms with Crippen molar-refractivity contribution in [2.24, 2.45) is 0 Å². The van der Waals surface area contributed by atoms with Crippen LogP contribution in [0, 0.1) is 11.3 Å². The number of anilines is 1. The summed E-state index contributed by atoms with van der Waals surface area (Å²) in [5.41, 5.74) is 1.43. The number of hydrogen-bond donors (Lipinski definition) is 1. The largest absolute Gasteiger partial charge is 0.479 e. The van der Waals surface area contributed by atoms with Crippen molar-refractivity contribution in [3.63, 3.8) is 0 Å². The number of carbonyl (C=O) groups excluding carboxylic acids is 1. The molecule has 0 spiro atoms. The molecule has 146 valence electrons. The minimum atomic E-state index is -0.0336. The summed E-state index contributed by atoms with van der Waals surface area (Å²) in [5, 5.41) is 9.70. The summed E-state index contributed by atoms with van der Waals surface area (Å²) in [4.78, 5) is 29.5. The van der Waals surface area contributed by atoms with Crippen LogP contribution in [0.2, 0.25) is 0 Å². The Labute approximate surface area is 167 Å². The number of carbonyl (C=O) groups is 1. The average molecular weight is 388 g/mol. The molecule has 2 aromatic heterocycles. The van der Waals surface area contributed by atoms with Crippen LogP contribution in [-0.4, -0.2) is 57.5 Å². The van der Waals surface area contributed by atoms with Crippen LogP contribution in [0.25, 0.3) is 11.0 Å². The van der Waals surface area contributed by atoms with Gasteiger partial charge in [-0.3, -0.25) is 4.79 Å². The zero-order chi connectivity index (χ0) is 19.8. The number of aromatic amines is 1. The predicted octanol–water partition coefficient (Wildman–Crippen LogP) is 2.35. The Morgan fingerprint density at radius 1 is 1.24 bits per heavy atom. The fourth-order valence-electron chi connectivity index (χ4n) is 4.50. The molecule has 1 amide bonds. The number of nitrogens with one attached hydrogen (secondary N) is 1. The molecule has 8 nitrogen and oxygen atoms in total. The van der Waals surface area contributed by atoms with Gasteiger partial charge in [0.25, 0.3) is 5.91 Å². The molecule has 2 aliphatic rings. The Balaban J connectivity index is 1.37. The number of benzene rings is 1. The van der Waals surface area contributed by atoms with Crippen molar-refractivity contribution in [1.29, 1.82) is 5.26 Å².